The predicted octanol–water partition coefficient (Wildman–Crippen LogP) is 1.79. The summed E-state index contributed by atoms with van der Waals surface area (Å²) in [5.74, 6) is 0.102. The van der Waals surface area contributed by atoms with E-state index in [0.717, 1.165) is 31.5 Å². The molecule has 0 aromatic heterocycles. The second kappa shape index (κ2) is 15.0. The number of aliphatic hydroxyl groups excluding tert-OH is 1. The molecule has 3 N–H and O–H groups in total. The maximum absolute atomic E-state index is 13.8. The maximum atomic E-state index is 13.8. The smallest absolute Gasteiger partial charge is 0.243 e. The summed E-state index contributed by atoms with van der Waals surface area (Å²) >= 11 is 0. The van der Waals surface area contributed by atoms with Gasteiger partial charge in [0.25, 0.3) is 0 Å². The normalized spacial score (nSPS) is 17.4. The van der Waals surface area contributed by atoms with Crippen molar-refractivity contribution in [3.63, 3.8) is 0 Å². The van der Waals surface area contributed by atoms with Crippen LogP contribution >= 0.6 is 0 Å². The molecule has 1 saturated heterocycles. The molecular weight excluding hydrogens is 572 g/mol. The second-order valence-electron chi connectivity index (χ2n) is 11.7. The number of amides is 2. The predicted molar refractivity (Wildman–Crippen MR) is 162 cm³/mol. The van der Waals surface area contributed by atoms with Crippen LogP contribution < -0.4 is 20.1 Å². The molecule has 11 nitrogen and oxygen atoms in total. The molecule has 2 aliphatic rings. The van der Waals surface area contributed by atoms with E-state index in [1.807, 2.05) is 49.1 Å². The average molecular weight is 617 g/mol. The number of carbonyl (C=O) groups excluding carboxylic acids is 2. The molecule has 0 bridgehead atoms. The highest BCUT2D eigenvalue weighted by atomic mass is 32.2. The van der Waals surface area contributed by atoms with Gasteiger partial charge in [-0.05, 0) is 62.9 Å². The summed E-state index contributed by atoms with van der Waals surface area (Å²) in [4.78, 5) is 27.8. The van der Waals surface area contributed by atoms with Gasteiger partial charge in [0.1, 0.15) is 19.3 Å². The van der Waals surface area contributed by atoms with Gasteiger partial charge in [0.05, 0.1) is 23.6 Å². The number of carbonyl (C=O) groups is 2. The first-order chi connectivity index (χ1) is 20.5. The first kappa shape index (κ1) is 32.7. The van der Waals surface area contributed by atoms with Gasteiger partial charge in [0.2, 0.25) is 21.8 Å². The molecule has 236 valence electrons. The first-order valence-corrected chi connectivity index (χ1v) is 16.4. The number of rotatable bonds is 14. The van der Waals surface area contributed by atoms with Crippen LogP contribution in [0.25, 0.3) is 0 Å². The summed E-state index contributed by atoms with van der Waals surface area (Å²) in [5.41, 5.74) is 0.864. The monoisotopic (exact) mass is 616 g/mol. The lowest BCUT2D eigenvalue weighted by Gasteiger charge is -2.31. The Labute approximate surface area is 254 Å². The Morgan fingerprint density at radius 3 is 2.30 bits per heavy atom. The molecule has 3 atom stereocenters. The fourth-order valence-electron chi connectivity index (χ4n) is 5.30. The zero-order chi connectivity index (χ0) is 31.0. The molecule has 1 fully saturated rings. The minimum atomic E-state index is -4.04. The fourth-order valence-corrected chi connectivity index (χ4v) is 6.94. The summed E-state index contributed by atoms with van der Waals surface area (Å²) in [7, 11) is -4.04. The lowest BCUT2D eigenvalue weighted by molar-refractivity contribution is -0.129. The largest absolute Gasteiger partial charge is 0.486 e. The van der Waals surface area contributed by atoms with Crippen LogP contribution in [-0.2, 0) is 26.0 Å². The number of sulfonamides is 1. The number of hydrogen-bond acceptors (Lipinski definition) is 8. The maximum Gasteiger partial charge on any atom is 0.243 e. The van der Waals surface area contributed by atoms with Crippen molar-refractivity contribution in [1.82, 2.24) is 19.8 Å². The Bertz CT molecular complexity index is 1330. The Morgan fingerprint density at radius 2 is 1.63 bits per heavy atom. The molecule has 0 radical (unpaired) electrons. The van der Waals surface area contributed by atoms with Crippen molar-refractivity contribution < 1.29 is 32.6 Å². The van der Waals surface area contributed by atoms with E-state index in [0.29, 0.717) is 24.7 Å². The zero-order valence-electron chi connectivity index (χ0n) is 25.2. The number of fused-ring (bicyclic) bond motifs is 1. The van der Waals surface area contributed by atoms with Crippen molar-refractivity contribution in [2.24, 2.45) is 5.92 Å². The van der Waals surface area contributed by atoms with Crippen molar-refractivity contribution in [2.45, 2.75) is 63.1 Å². The lowest BCUT2D eigenvalue weighted by atomic mass is 10.0. The number of nitrogens with one attached hydrogen (secondary N) is 2. The molecule has 0 saturated carbocycles. The van der Waals surface area contributed by atoms with Crippen LogP contribution in [0, 0.1) is 5.92 Å². The number of hydrogen-bond donors (Lipinski definition) is 3. The third-order valence-electron chi connectivity index (χ3n) is 7.54. The highest BCUT2D eigenvalue weighted by molar-refractivity contribution is 7.89. The SMILES string of the molecule is CC(C)CN(C[C@@H](O)[C@H](Cc1ccccc1)NC(=O)[C@H](C)NC(=O)CN1CCCC1)S(=O)(=O)c1ccc2c(c1)OCCO2. The van der Waals surface area contributed by atoms with E-state index in [9.17, 15) is 23.1 Å². The van der Waals surface area contributed by atoms with Gasteiger partial charge in [-0.25, -0.2) is 8.42 Å². The van der Waals surface area contributed by atoms with Crippen LogP contribution in [0.4, 0.5) is 0 Å². The molecule has 43 heavy (non-hydrogen) atoms. The quantitative estimate of drug-likeness (QED) is 0.292. The molecule has 0 aliphatic carbocycles. The number of benzene rings is 2. The summed E-state index contributed by atoms with van der Waals surface area (Å²) in [5, 5.41) is 17.1. The standard InChI is InChI=1S/C31H44N4O7S/c1-22(2)19-35(43(39,40)25-11-12-28-29(18-25)42-16-15-41-28)20-27(36)26(17-24-9-5-4-6-10-24)33-31(38)23(3)32-30(37)21-34-13-7-8-14-34/h4-6,9-12,18,22-23,26-27,36H,7-8,13-17,19-21H2,1-3H3,(H,32,37)(H,33,38)/t23-,26-,27+/m0/s1. The molecule has 0 unspecified atom stereocenters. The zero-order valence-corrected chi connectivity index (χ0v) is 26.0. The van der Waals surface area contributed by atoms with Crippen LogP contribution in [0.15, 0.2) is 53.4 Å². The average Bonchev–Trinajstić information content (AvgIpc) is 3.49. The minimum Gasteiger partial charge on any atom is -0.486 e. The number of likely N-dealkylation sites (tertiary alicyclic amines) is 1. The Balaban J connectivity index is 1.50. The van der Waals surface area contributed by atoms with E-state index in [1.54, 1.807) is 13.0 Å². The molecule has 0 spiro atoms. The van der Waals surface area contributed by atoms with Crippen LogP contribution in [0.2, 0.25) is 0 Å². The van der Waals surface area contributed by atoms with Crippen LogP contribution in [-0.4, -0.2) is 98.7 Å². The molecule has 2 aromatic carbocycles. The van der Waals surface area contributed by atoms with Gasteiger partial charge >= 0.3 is 0 Å². The summed E-state index contributed by atoms with van der Waals surface area (Å²) in [6, 6.07) is 12.2. The molecular formula is C31H44N4O7S. The van der Waals surface area contributed by atoms with Crippen molar-refractivity contribution >= 4 is 21.8 Å². The molecule has 2 aromatic rings. The Morgan fingerprint density at radius 1 is 0.953 bits per heavy atom. The third-order valence-corrected chi connectivity index (χ3v) is 9.37. The fraction of sp³-hybridized carbons (Fsp3) is 0.548. The summed E-state index contributed by atoms with van der Waals surface area (Å²) in [6.07, 6.45) is 1.13. The van der Waals surface area contributed by atoms with Gasteiger partial charge in [-0.2, -0.15) is 4.31 Å². The van der Waals surface area contributed by atoms with Crippen molar-refractivity contribution in [1.29, 1.82) is 0 Å². The molecule has 2 aliphatic heterocycles. The van der Waals surface area contributed by atoms with E-state index in [1.165, 1.54) is 16.4 Å². The van der Waals surface area contributed by atoms with Gasteiger partial charge in [-0.1, -0.05) is 44.2 Å². The van der Waals surface area contributed by atoms with Crippen molar-refractivity contribution in [3.8, 4) is 11.5 Å². The van der Waals surface area contributed by atoms with E-state index >= 15 is 0 Å². The topological polar surface area (TPSA) is 138 Å². The molecule has 4 rings (SSSR count). The van der Waals surface area contributed by atoms with Gasteiger partial charge in [-0.3, -0.25) is 14.5 Å². The van der Waals surface area contributed by atoms with Crippen LogP contribution in [0.3, 0.4) is 0 Å². The summed E-state index contributed by atoms with van der Waals surface area (Å²) < 4.78 is 40.1. The van der Waals surface area contributed by atoms with Gasteiger partial charge in [0, 0.05) is 19.2 Å². The first-order valence-electron chi connectivity index (χ1n) is 15.0. The minimum absolute atomic E-state index is 0.0302. The van der Waals surface area contributed by atoms with Crippen LogP contribution in [0.1, 0.15) is 39.2 Å². The third kappa shape index (κ3) is 9.15. The van der Waals surface area contributed by atoms with Crippen LogP contribution in [0.5, 0.6) is 11.5 Å². The number of nitrogens with zero attached hydrogens (tertiary/aromatic N) is 2. The van der Waals surface area contributed by atoms with E-state index in [2.05, 4.69) is 10.6 Å². The van der Waals surface area contributed by atoms with E-state index in [4.69, 9.17) is 9.47 Å². The van der Waals surface area contributed by atoms with Gasteiger partial charge < -0.3 is 25.2 Å². The molecule has 12 heteroatoms. The Hall–Kier alpha value is -3.19. The number of aliphatic hydroxyl groups is 1. The van der Waals surface area contributed by atoms with Gasteiger partial charge in [-0.15, -0.1) is 0 Å². The second-order valence-corrected chi connectivity index (χ2v) is 13.6. The van der Waals surface area contributed by atoms with Crippen molar-refractivity contribution in [3.05, 3.63) is 54.1 Å². The highest BCUT2D eigenvalue weighted by Gasteiger charge is 2.33. The van der Waals surface area contributed by atoms with E-state index < -0.39 is 34.1 Å². The highest BCUT2D eigenvalue weighted by Crippen LogP contribution is 2.33. The summed E-state index contributed by atoms with van der Waals surface area (Å²) in [6.45, 7) is 7.97. The molecule has 2 heterocycles. The number of ether oxygens (including phenoxy) is 2. The van der Waals surface area contributed by atoms with E-state index in [-0.39, 0.29) is 42.8 Å². The van der Waals surface area contributed by atoms with Gasteiger partial charge in [0.15, 0.2) is 11.5 Å². The van der Waals surface area contributed by atoms with Crippen molar-refractivity contribution in [2.75, 3.05) is 45.9 Å². The Kier molecular flexibility index (Phi) is 11.4. The molecule has 2 amide bonds. The lowest BCUT2D eigenvalue weighted by Crippen LogP contribution is -2.55.